The zero-order valence-electron chi connectivity index (χ0n) is 45.1. The number of carboxylic acid groups (broad SMARTS) is 1. The Morgan fingerprint density at radius 3 is 1.78 bits per heavy atom. The van der Waals surface area contributed by atoms with Crippen molar-refractivity contribution in [3.63, 3.8) is 0 Å². The number of amides is 8. The van der Waals surface area contributed by atoms with Gasteiger partial charge in [-0.1, -0.05) is 84.9 Å². The van der Waals surface area contributed by atoms with Crippen LogP contribution in [-0.4, -0.2) is 160 Å². The number of carboxylic acids is 1. The summed E-state index contributed by atoms with van der Waals surface area (Å²) in [5.41, 5.74) is 18.7. The van der Waals surface area contributed by atoms with Crippen LogP contribution in [0.4, 0.5) is 0 Å². The summed E-state index contributed by atoms with van der Waals surface area (Å²) in [7, 11) is 0. The number of nitrogens with two attached hydrogens (primary N) is 3. The second-order valence-corrected chi connectivity index (χ2v) is 22.2. The van der Waals surface area contributed by atoms with E-state index in [4.69, 9.17) is 17.2 Å². The van der Waals surface area contributed by atoms with Gasteiger partial charge in [0.1, 0.15) is 42.3 Å². The summed E-state index contributed by atoms with van der Waals surface area (Å²) < 4.78 is 0. The third-order valence-corrected chi connectivity index (χ3v) is 16.0. The Balaban J connectivity index is 0.969. The maximum atomic E-state index is 14.3. The predicted molar refractivity (Wildman–Crippen MR) is 309 cm³/mol. The molecule has 0 bridgehead atoms. The van der Waals surface area contributed by atoms with Crippen molar-refractivity contribution in [1.29, 1.82) is 0 Å². The zero-order valence-corrected chi connectivity index (χ0v) is 46.7. The number of aliphatic imine (C=N–C) groups is 1. The first-order chi connectivity index (χ1) is 39.5. The van der Waals surface area contributed by atoms with Crippen LogP contribution >= 0.6 is 22.7 Å². The van der Waals surface area contributed by atoms with Gasteiger partial charge in [-0.15, -0.1) is 22.7 Å². The van der Waals surface area contributed by atoms with Crippen molar-refractivity contribution in [2.45, 2.75) is 113 Å². The van der Waals surface area contributed by atoms with Gasteiger partial charge in [0.2, 0.25) is 47.3 Å². The molecule has 0 saturated carbocycles. The number of hydrogen-bond donors (Lipinski definition) is 11. The van der Waals surface area contributed by atoms with E-state index in [9.17, 15) is 53.4 Å². The van der Waals surface area contributed by atoms with E-state index < -0.39 is 103 Å². The third-order valence-electron chi connectivity index (χ3n) is 14.2. The quantitative estimate of drug-likeness (QED) is 0.0181. The zero-order chi connectivity index (χ0) is 58.7. The molecule has 7 rings (SSSR count). The number of benzene rings is 3. The number of nitrogens with one attached hydrogen (secondary N) is 6. The Bertz CT molecular complexity index is 3050. The monoisotopic (exact) mass is 1160 g/mol. The molecule has 3 aromatic carbocycles. The number of rotatable bonds is 28. The van der Waals surface area contributed by atoms with Gasteiger partial charge < -0.3 is 69.1 Å². The number of thiophene rings is 2. The number of aliphatic hydroxyl groups excluding tert-OH is 1. The number of aliphatic carboxylic acids is 1. The molecule has 4 heterocycles. The van der Waals surface area contributed by atoms with Crippen molar-refractivity contribution in [1.82, 2.24) is 41.7 Å². The van der Waals surface area contributed by atoms with E-state index in [1.165, 1.54) is 32.5 Å². The van der Waals surface area contributed by atoms with Crippen LogP contribution in [-0.2, 0) is 68.8 Å². The maximum Gasteiger partial charge on any atom is 0.326 e. The number of nitrogens with zero attached hydrogens (tertiary/aromatic N) is 3. The molecule has 0 unspecified atom stereocenters. The Hall–Kier alpha value is -8.26. The third kappa shape index (κ3) is 17.4. The molecule has 436 valence electrons. The van der Waals surface area contributed by atoms with Gasteiger partial charge in [0.15, 0.2) is 5.96 Å². The second kappa shape index (κ2) is 30.0. The minimum atomic E-state index is -1.67. The van der Waals surface area contributed by atoms with Crippen molar-refractivity contribution >= 4 is 92.6 Å². The summed E-state index contributed by atoms with van der Waals surface area (Å²) >= 11 is 2.60. The van der Waals surface area contributed by atoms with Crippen molar-refractivity contribution in [2.75, 3.05) is 32.8 Å². The van der Waals surface area contributed by atoms with E-state index in [2.05, 4.69) is 36.9 Å². The highest BCUT2D eigenvalue weighted by Crippen LogP contribution is 2.27. The Morgan fingerprint density at radius 1 is 0.610 bits per heavy atom. The minimum absolute atomic E-state index is 0.0349. The van der Waals surface area contributed by atoms with E-state index in [1.807, 2.05) is 42.5 Å². The van der Waals surface area contributed by atoms with Crippen molar-refractivity contribution in [3.05, 3.63) is 129 Å². The lowest BCUT2D eigenvalue weighted by Crippen LogP contribution is -2.60. The van der Waals surface area contributed by atoms with Crippen molar-refractivity contribution in [2.24, 2.45) is 22.2 Å². The molecule has 8 atom stereocenters. The smallest absolute Gasteiger partial charge is 0.326 e. The SMILES string of the molecule is NC(N)=NCCC[C@H](NC(=O)[C@H](Cc1cccs1)NC(=O)[C@@H](Cc1ccccc1)NC(=O)[C@H](CO)NC(=O)[C@H](Cc1cccs1)NC(=O)CNC(=O)[C@@H]1CCCN1C(=O)[C@@H]1CCCN1C(=O)[C@H](N)Cc1ccc2ccccc2c1)C(=O)O. The summed E-state index contributed by atoms with van der Waals surface area (Å²) in [5, 5.41) is 41.6. The molecule has 8 amide bonds. The first-order valence-electron chi connectivity index (χ1n) is 27.1. The molecule has 2 fully saturated rings. The molecule has 2 aromatic heterocycles. The fraction of sp³-hybridized carbons (Fsp3) is 0.404. The van der Waals surface area contributed by atoms with Crippen LogP contribution in [0.3, 0.4) is 0 Å². The average molecular weight is 1160 g/mol. The fourth-order valence-corrected chi connectivity index (χ4v) is 11.5. The number of hydrogen-bond acceptors (Lipinski definition) is 14. The van der Waals surface area contributed by atoms with Gasteiger partial charge in [0.05, 0.1) is 19.2 Å². The van der Waals surface area contributed by atoms with Crippen molar-refractivity contribution < 1.29 is 53.4 Å². The van der Waals surface area contributed by atoms with Crippen LogP contribution in [0.5, 0.6) is 0 Å². The molecule has 2 aliphatic heterocycles. The number of aliphatic hydroxyl groups is 1. The highest BCUT2D eigenvalue weighted by atomic mass is 32.1. The van der Waals surface area contributed by atoms with Gasteiger partial charge in [0.25, 0.3) is 0 Å². The molecule has 5 aromatic rings. The van der Waals surface area contributed by atoms with Gasteiger partial charge in [-0.05, 0) is 89.7 Å². The standard InChI is InChI=1S/C57H70N12O11S2/c58-40(28-35-20-21-36-13-4-5-14-37(36)27-35)54(77)69-24-8-19-47(69)55(78)68-23-7-18-46(68)53(76)62-32-48(71)63-43(30-38-15-9-25-81-38)50(73)67-45(33-70)52(75)65-42(29-34-11-2-1-3-12-34)49(72)66-44(31-39-16-10-26-82-39)51(74)64-41(56(79)80)17-6-22-61-57(59)60/h1-5,9-16,20-21,25-27,40-47,70H,6-8,17-19,22-24,28-33,58H2,(H,62,76)(H,63,71)(H,64,74)(H,65,75)(H,66,72)(H,67,73)(H,79,80)(H4,59,60,61)/t40-,41+,42-,43+,44+,45+,46+,47+/m1/s1. The van der Waals surface area contributed by atoms with Crippen LogP contribution in [0.1, 0.15) is 59.4 Å². The molecule has 0 radical (unpaired) electrons. The van der Waals surface area contributed by atoms with Gasteiger partial charge >= 0.3 is 5.97 Å². The summed E-state index contributed by atoms with van der Waals surface area (Å²) in [6.07, 6.45) is 2.04. The lowest BCUT2D eigenvalue weighted by molar-refractivity contribution is -0.147. The maximum absolute atomic E-state index is 14.3. The van der Waals surface area contributed by atoms with E-state index >= 15 is 0 Å². The van der Waals surface area contributed by atoms with Crippen LogP contribution in [0.25, 0.3) is 10.8 Å². The lowest BCUT2D eigenvalue weighted by atomic mass is 10.0. The molecule has 2 aliphatic rings. The summed E-state index contributed by atoms with van der Waals surface area (Å²) in [6, 6.07) is 19.6. The lowest BCUT2D eigenvalue weighted by Gasteiger charge is -2.32. The van der Waals surface area contributed by atoms with Gasteiger partial charge in [-0.25, -0.2) is 4.79 Å². The Kier molecular flexibility index (Phi) is 22.4. The van der Waals surface area contributed by atoms with Crippen LogP contribution < -0.4 is 49.1 Å². The molecule has 25 heteroatoms. The molecular weight excluding hydrogens is 1090 g/mol. The molecule has 14 N–H and O–H groups in total. The van der Waals surface area contributed by atoms with Gasteiger partial charge in [-0.3, -0.25) is 43.3 Å². The number of likely N-dealkylation sites (tertiary alicyclic amines) is 2. The number of carbonyl (C=O) groups excluding carboxylic acids is 8. The predicted octanol–water partition coefficient (Wildman–Crippen LogP) is 0.213. The number of fused-ring (bicyclic) bond motifs is 1. The first kappa shape index (κ1) is 61.4. The molecule has 2 saturated heterocycles. The van der Waals surface area contributed by atoms with E-state index in [-0.39, 0.29) is 69.4 Å². The Morgan fingerprint density at radius 2 is 1.17 bits per heavy atom. The number of guanidine groups is 1. The highest BCUT2D eigenvalue weighted by molar-refractivity contribution is 7.10. The van der Waals surface area contributed by atoms with Gasteiger partial charge in [0, 0.05) is 48.7 Å². The van der Waals surface area contributed by atoms with E-state index in [1.54, 1.807) is 65.4 Å². The van der Waals surface area contributed by atoms with Gasteiger partial charge in [-0.2, -0.15) is 0 Å². The van der Waals surface area contributed by atoms with Crippen LogP contribution in [0.2, 0.25) is 0 Å². The highest BCUT2D eigenvalue weighted by Gasteiger charge is 2.43. The molecule has 23 nitrogen and oxygen atoms in total. The summed E-state index contributed by atoms with van der Waals surface area (Å²) in [4.78, 5) is 132. The summed E-state index contributed by atoms with van der Waals surface area (Å²) in [6.45, 7) is -0.827. The molecular formula is C57H70N12O11S2. The fourth-order valence-electron chi connectivity index (χ4n) is 10.0. The largest absolute Gasteiger partial charge is 0.480 e. The number of carbonyl (C=O) groups is 9. The van der Waals surface area contributed by atoms with E-state index in [0.29, 0.717) is 47.5 Å². The first-order valence-corrected chi connectivity index (χ1v) is 28.8. The topological polar surface area (TPSA) is 363 Å². The average Bonchev–Trinajstić information content (AvgIpc) is 4.49. The Labute approximate surface area is 481 Å². The van der Waals surface area contributed by atoms with Crippen LogP contribution in [0, 0.1) is 0 Å². The molecule has 82 heavy (non-hydrogen) atoms. The molecule has 0 aliphatic carbocycles. The van der Waals surface area contributed by atoms with Crippen molar-refractivity contribution in [3.8, 4) is 0 Å². The minimum Gasteiger partial charge on any atom is -0.480 e. The van der Waals surface area contributed by atoms with E-state index in [0.717, 1.165) is 16.3 Å². The van der Waals surface area contributed by atoms with Crippen LogP contribution in [0.15, 0.2) is 113 Å². The second-order valence-electron chi connectivity index (χ2n) is 20.2. The molecule has 0 spiro atoms. The normalized spacial score (nSPS) is 17.0. The summed E-state index contributed by atoms with van der Waals surface area (Å²) in [5.74, 6) is -7.14.